The molecule has 0 radical (unpaired) electrons. The van der Waals surface area contributed by atoms with Gasteiger partial charge in [0.05, 0.1) is 0 Å². The number of rotatable bonds is 0. The maximum atomic E-state index is 12.5. The molecule has 0 aromatic rings. The second-order valence-corrected chi connectivity index (χ2v) is 5.92. The Hall–Kier alpha value is -0.730. The Labute approximate surface area is 104 Å². The van der Waals surface area contributed by atoms with Crippen LogP contribution in [-0.2, 0) is 0 Å². The van der Waals surface area contributed by atoms with Gasteiger partial charge in [-0.1, -0.05) is 6.42 Å². The van der Waals surface area contributed by atoms with Gasteiger partial charge in [0.15, 0.2) is 0 Å². The fourth-order valence-corrected chi connectivity index (χ4v) is 3.96. The van der Waals surface area contributed by atoms with Crippen LogP contribution in [0.25, 0.3) is 0 Å². The molecular formula is C14H24N2O. The number of amides is 2. The molecule has 3 aliphatic rings. The van der Waals surface area contributed by atoms with Crippen LogP contribution < -0.4 is 0 Å². The summed E-state index contributed by atoms with van der Waals surface area (Å²) in [4.78, 5) is 16.9. The molecule has 3 heteroatoms. The van der Waals surface area contributed by atoms with Crippen molar-refractivity contribution >= 4 is 6.03 Å². The first-order chi connectivity index (χ1) is 8.36. The Balaban J connectivity index is 1.67. The van der Waals surface area contributed by atoms with Gasteiger partial charge in [-0.2, -0.15) is 0 Å². The first kappa shape index (κ1) is 11.4. The van der Waals surface area contributed by atoms with Crippen molar-refractivity contribution in [2.24, 2.45) is 5.92 Å². The first-order valence-corrected chi connectivity index (χ1v) is 7.42. The van der Waals surface area contributed by atoms with Gasteiger partial charge < -0.3 is 9.80 Å². The second-order valence-electron chi connectivity index (χ2n) is 5.92. The predicted octanol–water partition coefficient (Wildman–Crippen LogP) is 2.86. The highest BCUT2D eigenvalue weighted by molar-refractivity contribution is 5.75. The number of carbonyl (C=O) groups is 1. The van der Waals surface area contributed by atoms with E-state index in [1.165, 1.54) is 51.4 Å². The largest absolute Gasteiger partial charge is 0.325 e. The zero-order valence-electron chi connectivity index (χ0n) is 10.7. The van der Waals surface area contributed by atoms with Crippen LogP contribution in [0.4, 0.5) is 4.79 Å². The van der Waals surface area contributed by atoms with Crippen LogP contribution >= 0.6 is 0 Å². The summed E-state index contributed by atoms with van der Waals surface area (Å²) in [5.74, 6) is 0.817. The molecule has 17 heavy (non-hydrogen) atoms. The van der Waals surface area contributed by atoms with Crippen molar-refractivity contribution in [3.8, 4) is 0 Å². The molecule has 2 unspecified atom stereocenters. The summed E-state index contributed by atoms with van der Waals surface area (Å²) in [5, 5.41) is 0. The van der Waals surface area contributed by atoms with Gasteiger partial charge in [-0.05, 0) is 50.9 Å². The number of urea groups is 1. The maximum Gasteiger partial charge on any atom is 0.320 e. The standard InChI is InChI=1S/C14H24N2O/c17-14(15-9-2-1-3-10-15)16-11-5-7-12-6-4-8-13(12)16/h12-13H,1-11H2. The van der Waals surface area contributed by atoms with Crippen molar-refractivity contribution in [2.75, 3.05) is 19.6 Å². The van der Waals surface area contributed by atoms with E-state index >= 15 is 0 Å². The van der Waals surface area contributed by atoms with Gasteiger partial charge in [0, 0.05) is 25.7 Å². The number of carbonyl (C=O) groups excluding carboxylic acids is 1. The third kappa shape index (κ3) is 2.16. The molecule has 0 bridgehead atoms. The number of hydrogen-bond donors (Lipinski definition) is 0. The van der Waals surface area contributed by atoms with Gasteiger partial charge in [-0.3, -0.25) is 0 Å². The third-order valence-electron chi connectivity index (χ3n) is 4.87. The van der Waals surface area contributed by atoms with E-state index in [1.54, 1.807) is 0 Å². The number of piperidine rings is 2. The lowest BCUT2D eigenvalue weighted by molar-refractivity contribution is 0.0930. The molecule has 2 atom stereocenters. The van der Waals surface area contributed by atoms with Gasteiger partial charge in [-0.25, -0.2) is 4.79 Å². The first-order valence-electron chi connectivity index (χ1n) is 7.42. The summed E-state index contributed by atoms with van der Waals surface area (Å²) in [6, 6.07) is 0.930. The summed E-state index contributed by atoms with van der Waals surface area (Å²) in [6.45, 7) is 3.00. The number of hydrogen-bond acceptors (Lipinski definition) is 1. The summed E-state index contributed by atoms with van der Waals surface area (Å²) in [7, 11) is 0. The number of fused-ring (bicyclic) bond motifs is 1. The van der Waals surface area contributed by atoms with Crippen molar-refractivity contribution in [1.82, 2.24) is 9.80 Å². The molecule has 3 fully saturated rings. The Bertz CT molecular complexity index is 286. The van der Waals surface area contributed by atoms with E-state index in [2.05, 4.69) is 9.80 Å². The molecule has 1 saturated carbocycles. The van der Waals surface area contributed by atoms with E-state index < -0.39 is 0 Å². The molecule has 2 aliphatic heterocycles. The van der Waals surface area contributed by atoms with Gasteiger partial charge in [0.1, 0.15) is 0 Å². The minimum Gasteiger partial charge on any atom is -0.325 e. The molecule has 2 amide bonds. The molecule has 0 spiro atoms. The Morgan fingerprint density at radius 2 is 1.59 bits per heavy atom. The van der Waals surface area contributed by atoms with Crippen molar-refractivity contribution in [2.45, 2.75) is 57.4 Å². The van der Waals surface area contributed by atoms with E-state index in [1.807, 2.05) is 0 Å². The predicted molar refractivity (Wildman–Crippen MR) is 67.9 cm³/mol. The molecular weight excluding hydrogens is 212 g/mol. The number of nitrogens with zero attached hydrogens (tertiary/aromatic N) is 2. The van der Waals surface area contributed by atoms with Crippen molar-refractivity contribution in [3.05, 3.63) is 0 Å². The van der Waals surface area contributed by atoms with Crippen LogP contribution in [0.3, 0.4) is 0 Å². The zero-order valence-corrected chi connectivity index (χ0v) is 10.7. The molecule has 2 saturated heterocycles. The van der Waals surface area contributed by atoms with E-state index in [0.29, 0.717) is 12.1 Å². The zero-order chi connectivity index (χ0) is 11.7. The lowest BCUT2D eigenvalue weighted by Crippen LogP contribution is -2.52. The molecule has 96 valence electrons. The van der Waals surface area contributed by atoms with E-state index in [9.17, 15) is 4.79 Å². The fourth-order valence-electron chi connectivity index (χ4n) is 3.96. The highest BCUT2D eigenvalue weighted by Gasteiger charge is 2.38. The van der Waals surface area contributed by atoms with Crippen LogP contribution in [0.2, 0.25) is 0 Å². The SMILES string of the molecule is O=C(N1CCCCC1)N1CCCC2CCCC21. The fraction of sp³-hybridized carbons (Fsp3) is 0.929. The smallest absolute Gasteiger partial charge is 0.320 e. The van der Waals surface area contributed by atoms with Gasteiger partial charge in [0.2, 0.25) is 0 Å². The van der Waals surface area contributed by atoms with Crippen LogP contribution in [-0.4, -0.2) is 41.5 Å². The minimum absolute atomic E-state index is 0.348. The molecule has 3 nitrogen and oxygen atoms in total. The van der Waals surface area contributed by atoms with Gasteiger partial charge >= 0.3 is 6.03 Å². The Morgan fingerprint density at radius 3 is 2.41 bits per heavy atom. The lowest BCUT2D eigenvalue weighted by Gasteiger charge is -2.41. The average Bonchev–Trinajstić information content (AvgIpc) is 2.87. The van der Waals surface area contributed by atoms with Crippen LogP contribution in [0.1, 0.15) is 51.4 Å². The third-order valence-corrected chi connectivity index (χ3v) is 4.87. The topological polar surface area (TPSA) is 23.6 Å². The highest BCUT2D eigenvalue weighted by atomic mass is 16.2. The second kappa shape index (κ2) is 4.87. The maximum absolute atomic E-state index is 12.5. The lowest BCUT2D eigenvalue weighted by atomic mass is 9.92. The minimum atomic E-state index is 0.348. The highest BCUT2D eigenvalue weighted by Crippen LogP contribution is 2.37. The Morgan fingerprint density at radius 1 is 0.824 bits per heavy atom. The Kier molecular flexibility index (Phi) is 3.26. The van der Waals surface area contributed by atoms with Crippen LogP contribution in [0, 0.1) is 5.92 Å². The van der Waals surface area contributed by atoms with Crippen LogP contribution in [0.15, 0.2) is 0 Å². The monoisotopic (exact) mass is 236 g/mol. The van der Waals surface area contributed by atoms with Crippen LogP contribution in [0.5, 0.6) is 0 Å². The molecule has 0 aromatic carbocycles. The average molecular weight is 236 g/mol. The van der Waals surface area contributed by atoms with Crippen molar-refractivity contribution in [1.29, 1.82) is 0 Å². The molecule has 0 aromatic heterocycles. The van der Waals surface area contributed by atoms with Crippen molar-refractivity contribution in [3.63, 3.8) is 0 Å². The molecule has 0 N–H and O–H groups in total. The summed E-state index contributed by atoms with van der Waals surface area (Å²) < 4.78 is 0. The molecule has 3 rings (SSSR count). The quantitative estimate of drug-likeness (QED) is 0.634. The van der Waals surface area contributed by atoms with Gasteiger partial charge in [-0.15, -0.1) is 0 Å². The van der Waals surface area contributed by atoms with E-state index in [0.717, 1.165) is 25.6 Å². The summed E-state index contributed by atoms with van der Waals surface area (Å²) >= 11 is 0. The molecule has 1 aliphatic carbocycles. The van der Waals surface area contributed by atoms with Gasteiger partial charge in [0.25, 0.3) is 0 Å². The normalized spacial score (nSPS) is 33.6. The van der Waals surface area contributed by atoms with Crippen molar-refractivity contribution < 1.29 is 4.79 Å². The number of likely N-dealkylation sites (tertiary alicyclic amines) is 2. The van der Waals surface area contributed by atoms with E-state index in [4.69, 9.17) is 0 Å². The van der Waals surface area contributed by atoms with E-state index in [-0.39, 0.29) is 0 Å². The summed E-state index contributed by atoms with van der Waals surface area (Å²) in [6.07, 6.45) is 10.2. The summed E-state index contributed by atoms with van der Waals surface area (Å²) in [5.41, 5.74) is 0. The molecule has 2 heterocycles.